The van der Waals surface area contributed by atoms with Gasteiger partial charge in [0.2, 0.25) is 5.43 Å². The van der Waals surface area contributed by atoms with Crippen LogP contribution in [0.1, 0.15) is 30.6 Å². The van der Waals surface area contributed by atoms with E-state index in [0.717, 1.165) is 22.9 Å². The number of carbonyl (C=O) groups excluding carboxylic acids is 1. The van der Waals surface area contributed by atoms with Gasteiger partial charge in [0.1, 0.15) is 34.9 Å². The molecule has 38 heavy (non-hydrogen) atoms. The number of nitrogens with zero attached hydrogens (tertiary/aromatic N) is 3. The molecule has 0 spiro atoms. The molecule has 0 saturated carbocycles. The summed E-state index contributed by atoms with van der Waals surface area (Å²) in [7, 11) is -2.86. The largest absolute Gasteiger partial charge is 0.408 e. The molecule has 8 nitrogen and oxygen atoms in total. The Hall–Kier alpha value is -3.23. The number of amides is 1. The van der Waals surface area contributed by atoms with Gasteiger partial charge in [-0.15, -0.1) is 0 Å². The fraction of sp³-hybridized carbons (Fsp3) is 0.375. The van der Waals surface area contributed by atoms with Crippen LogP contribution in [0.25, 0.3) is 16.7 Å². The normalized spacial score (nSPS) is 17.2. The first-order valence-electron chi connectivity index (χ1n) is 11.5. The van der Waals surface area contributed by atoms with E-state index >= 15 is 0 Å². The zero-order valence-electron chi connectivity index (χ0n) is 20.3. The Kier molecular flexibility index (Phi) is 7.43. The Morgan fingerprint density at radius 3 is 2.47 bits per heavy atom. The van der Waals surface area contributed by atoms with Gasteiger partial charge in [-0.05, 0) is 36.6 Å². The molecule has 14 heteroatoms. The summed E-state index contributed by atoms with van der Waals surface area (Å²) >= 11 is 0. The molecule has 3 aromatic rings. The van der Waals surface area contributed by atoms with Crippen LogP contribution in [-0.2, 0) is 0 Å². The van der Waals surface area contributed by atoms with E-state index in [1.165, 1.54) is 12.1 Å². The quantitative estimate of drug-likeness (QED) is 0.371. The minimum Gasteiger partial charge on any atom is -0.340 e. The highest BCUT2D eigenvalue weighted by Gasteiger charge is 2.41. The standard InChI is InChI=1S/C24H25F5N4O4S/c1-13(2)9-19(24(27,28)29)30-23(35)16-11-33(18-5-3-14(25)10-17(18)26)22-15(21(16)34)4-6-20(31-22)32-7-8-38(36,37)12-32/h3-6,10-11,13,19,36-37H,7-9,12H2,1-2H3,(H,30,35). The van der Waals surface area contributed by atoms with E-state index in [2.05, 4.69) is 4.98 Å². The molecule has 1 atom stereocenters. The van der Waals surface area contributed by atoms with Crippen molar-refractivity contribution in [3.8, 4) is 5.69 Å². The zero-order chi connectivity index (χ0) is 28.0. The lowest BCUT2D eigenvalue weighted by molar-refractivity contribution is -0.156. The van der Waals surface area contributed by atoms with E-state index in [9.17, 15) is 40.6 Å². The molecule has 3 heterocycles. The van der Waals surface area contributed by atoms with Crippen LogP contribution >= 0.6 is 10.6 Å². The van der Waals surface area contributed by atoms with Crippen LogP contribution in [-0.4, -0.2) is 55.0 Å². The van der Waals surface area contributed by atoms with E-state index in [1.54, 1.807) is 18.7 Å². The van der Waals surface area contributed by atoms with Crippen molar-refractivity contribution in [3.05, 3.63) is 63.9 Å². The van der Waals surface area contributed by atoms with Crippen molar-refractivity contribution in [2.75, 3.05) is 23.1 Å². The molecular weight excluding hydrogens is 535 g/mol. The van der Waals surface area contributed by atoms with Crippen molar-refractivity contribution in [3.63, 3.8) is 0 Å². The van der Waals surface area contributed by atoms with Gasteiger partial charge in [0.25, 0.3) is 5.91 Å². The molecule has 3 N–H and O–H groups in total. The van der Waals surface area contributed by atoms with Gasteiger partial charge in [-0.1, -0.05) is 13.8 Å². The predicted molar refractivity (Wildman–Crippen MR) is 134 cm³/mol. The maximum Gasteiger partial charge on any atom is 0.408 e. The van der Waals surface area contributed by atoms with E-state index in [4.69, 9.17) is 0 Å². The smallest absolute Gasteiger partial charge is 0.340 e. The average Bonchev–Trinajstić information content (AvgIpc) is 3.18. The highest BCUT2D eigenvalue weighted by Crippen LogP contribution is 2.44. The second kappa shape index (κ2) is 10.2. The molecule has 0 radical (unpaired) electrons. The Morgan fingerprint density at radius 2 is 1.89 bits per heavy atom. The topological polar surface area (TPSA) is 108 Å². The van der Waals surface area contributed by atoms with Crippen molar-refractivity contribution >= 4 is 33.3 Å². The van der Waals surface area contributed by atoms with Crippen molar-refractivity contribution in [2.45, 2.75) is 32.5 Å². The van der Waals surface area contributed by atoms with Crippen LogP contribution in [0.3, 0.4) is 0 Å². The van der Waals surface area contributed by atoms with Crippen LogP contribution < -0.4 is 15.6 Å². The summed E-state index contributed by atoms with van der Waals surface area (Å²) < 4.78 is 90.0. The molecule has 1 saturated heterocycles. The van der Waals surface area contributed by atoms with Gasteiger partial charge in [-0.3, -0.25) is 23.3 Å². The Labute approximate surface area is 215 Å². The molecule has 1 unspecified atom stereocenters. The number of anilines is 1. The molecule has 0 aliphatic carbocycles. The molecule has 1 aliphatic heterocycles. The lowest BCUT2D eigenvalue weighted by Crippen LogP contribution is -2.47. The molecular formula is C24H25F5N4O4S. The summed E-state index contributed by atoms with van der Waals surface area (Å²) in [6.45, 7) is 3.34. The van der Waals surface area contributed by atoms with Crippen LogP contribution in [0, 0.1) is 17.6 Å². The summed E-state index contributed by atoms with van der Waals surface area (Å²) in [4.78, 5) is 32.1. The molecule has 1 aliphatic rings. The third-order valence-electron chi connectivity index (χ3n) is 6.03. The predicted octanol–water partition coefficient (Wildman–Crippen LogP) is 4.90. The van der Waals surface area contributed by atoms with Gasteiger partial charge in [-0.2, -0.15) is 23.8 Å². The Bertz CT molecular complexity index is 1440. The number of halogens is 5. The molecule has 206 valence electrons. The average molecular weight is 561 g/mol. The number of benzene rings is 1. The molecule has 0 bridgehead atoms. The minimum absolute atomic E-state index is 0.0992. The third kappa shape index (κ3) is 5.76. The van der Waals surface area contributed by atoms with Crippen LogP contribution in [0.15, 0.2) is 41.3 Å². The number of fused-ring (bicyclic) bond motifs is 1. The van der Waals surface area contributed by atoms with Crippen LogP contribution in [0.2, 0.25) is 0 Å². The number of pyridine rings is 2. The Balaban J connectivity index is 1.88. The third-order valence-corrected chi connectivity index (χ3v) is 7.59. The molecule has 1 aromatic carbocycles. The first-order chi connectivity index (χ1) is 17.7. The highest BCUT2D eigenvalue weighted by atomic mass is 32.3. The van der Waals surface area contributed by atoms with Crippen LogP contribution in [0.4, 0.5) is 27.8 Å². The van der Waals surface area contributed by atoms with Crippen molar-refractivity contribution in [2.24, 2.45) is 5.92 Å². The van der Waals surface area contributed by atoms with Gasteiger partial charge in [0, 0.05) is 18.8 Å². The number of nitrogens with one attached hydrogen (secondary N) is 1. The summed E-state index contributed by atoms with van der Waals surface area (Å²) in [6, 6.07) is 2.97. The minimum atomic E-state index is -4.78. The molecule has 2 aromatic heterocycles. The lowest BCUT2D eigenvalue weighted by Gasteiger charge is -2.26. The fourth-order valence-electron chi connectivity index (χ4n) is 4.19. The number of hydrogen-bond acceptors (Lipinski definition) is 6. The second-order valence-corrected chi connectivity index (χ2v) is 11.7. The summed E-state index contributed by atoms with van der Waals surface area (Å²) in [5, 5.41) is 1.66. The van der Waals surface area contributed by atoms with Gasteiger partial charge < -0.3 is 10.2 Å². The van der Waals surface area contributed by atoms with E-state index < -0.39 is 63.7 Å². The number of carbonyl (C=O) groups is 1. The van der Waals surface area contributed by atoms with Gasteiger partial charge in [0.05, 0.1) is 16.8 Å². The Morgan fingerprint density at radius 1 is 1.18 bits per heavy atom. The number of alkyl halides is 3. The number of aromatic nitrogens is 2. The molecule has 4 rings (SSSR count). The summed E-state index contributed by atoms with van der Waals surface area (Å²) in [6.07, 6.45) is -4.33. The fourth-order valence-corrected chi connectivity index (χ4v) is 5.59. The zero-order valence-corrected chi connectivity index (χ0v) is 21.1. The van der Waals surface area contributed by atoms with E-state index in [-0.39, 0.29) is 40.7 Å². The van der Waals surface area contributed by atoms with Gasteiger partial charge >= 0.3 is 6.18 Å². The number of hydrogen-bond donors (Lipinski definition) is 3. The number of rotatable bonds is 6. The SMILES string of the molecule is CC(C)CC(NC(=O)c1cn(-c2ccc(F)cc2F)c2nc(N3CCS(O)(O)C3)ccc2c1=O)C(F)(F)F. The second-order valence-electron chi connectivity index (χ2n) is 9.47. The highest BCUT2D eigenvalue weighted by molar-refractivity contribution is 8.24. The van der Waals surface area contributed by atoms with Crippen molar-refractivity contribution in [1.82, 2.24) is 14.9 Å². The molecule has 1 fully saturated rings. The van der Waals surface area contributed by atoms with Gasteiger partial charge in [0.15, 0.2) is 5.65 Å². The molecule has 1 amide bonds. The van der Waals surface area contributed by atoms with Crippen molar-refractivity contribution < 1.29 is 35.9 Å². The first kappa shape index (κ1) is 27.8. The van der Waals surface area contributed by atoms with Gasteiger partial charge in [-0.25, -0.2) is 13.8 Å². The summed E-state index contributed by atoms with van der Waals surface area (Å²) in [5.41, 5.74) is -2.10. The maximum atomic E-state index is 14.8. The van der Waals surface area contributed by atoms with E-state index in [1.807, 2.05) is 5.32 Å². The van der Waals surface area contributed by atoms with Crippen LogP contribution in [0.5, 0.6) is 0 Å². The lowest BCUT2D eigenvalue weighted by atomic mass is 10.0. The van der Waals surface area contributed by atoms with Crippen molar-refractivity contribution in [1.29, 1.82) is 0 Å². The first-order valence-corrected chi connectivity index (χ1v) is 13.4. The summed E-state index contributed by atoms with van der Waals surface area (Å²) in [5.74, 6) is -3.50. The van der Waals surface area contributed by atoms with E-state index in [0.29, 0.717) is 6.07 Å². The maximum absolute atomic E-state index is 14.8. The monoisotopic (exact) mass is 560 g/mol.